The second kappa shape index (κ2) is 18.6. The number of hydrogen-bond donors (Lipinski definition) is 7. The number of ether oxygens (including phenoxy) is 1. The lowest BCUT2D eigenvalue weighted by molar-refractivity contribution is 0.317. The van der Waals surface area contributed by atoms with Gasteiger partial charge in [-0.25, -0.2) is 9.67 Å². The van der Waals surface area contributed by atoms with Gasteiger partial charge in [-0.1, -0.05) is 23.5 Å². The van der Waals surface area contributed by atoms with Gasteiger partial charge in [0.25, 0.3) is 56.1 Å². The number of phenols is 1. The second-order valence-corrected chi connectivity index (χ2v) is 22.2. The van der Waals surface area contributed by atoms with Gasteiger partial charge in [0.05, 0.1) is 49.9 Å². The molecule has 0 atom stereocenters. The van der Waals surface area contributed by atoms with E-state index < -0.39 is 99.4 Å². The molecule has 0 aliphatic heterocycles. The number of aromatic nitrogens is 3. The van der Waals surface area contributed by atoms with E-state index in [9.17, 15) is 74.8 Å². The molecule has 27 nitrogen and oxygen atoms in total. The fourth-order valence-electron chi connectivity index (χ4n) is 6.23. The minimum absolute atomic E-state index is 0.00937. The summed E-state index contributed by atoms with van der Waals surface area (Å²) in [6.07, 6.45) is 0.713. The third-order valence-electron chi connectivity index (χ3n) is 9.31. The van der Waals surface area contributed by atoms with E-state index >= 15 is 0 Å². The van der Waals surface area contributed by atoms with Crippen molar-refractivity contribution in [3.8, 4) is 17.2 Å². The number of rotatable bonds is 16. The minimum atomic E-state index is -5.20. The number of aryl methyl sites for hydroxylation is 1. The minimum Gasteiger partial charge on any atom is -0.505 e. The number of nitrogens with one attached hydrogen (secondary N) is 1. The molecule has 7 aromatic rings. The number of aromatic hydroxyl groups is 1. The maximum Gasteiger partial charge on any atom is 0.298 e. The molecular weight excluding hydrogens is 1040 g/mol. The Bertz CT molecular complexity index is 3950. The molecule has 0 saturated carbocycles. The molecule has 0 bridgehead atoms. The van der Waals surface area contributed by atoms with Crippen molar-refractivity contribution in [3.63, 3.8) is 0 Å². The first-order valence-corrected chi connectivity index (χ1v) is 26.8. The zero-order valence-electron chi connectivity index (χ0n) is 34.2. The number of fused-ring (bicyclic) bond motifs is 2. The highest BCUT2D eigenvalue weighted by Crippen LogP contribution is 2.43. The standard InChI is InChI=1S/C36H29N9O18S6/c1-18-12-28(30(63-10-3-11-65(48,49)50)16-27(18)41-44-36-38-25-4-2-5-31(33(25)64-36)68(57,58)59)42-39-24-8-7-23-22(32(24)46)6-9-26(34(23)69(60,61)62)40-43-29-17-37-45(35(29)47)19-13-20(66(51,52)53)15-21(14-19)67(54,55)56/h2,4-9,12-17,37,46H,3,10-11H2,1H3,(H,48,49,50)(H,51,52,53)(H,54,55,56)(H,57,58,59)(H,60,61,62). The number of thiazole rings is 1. The van der Waals surface area contributed by atoms with E-state index in [4.69, 9.17) is 4.74 Å². The Morgan fingerprint density at radius 1 is 0.667 bits per heavy atom. The van der Waals surface area contributed by atoms with Crippen LogP contribution in [-0.4, -0.2) is 97.1 Å². The number of H-pyrrole nitrogens is 1. The van der Waals surface area contributed by atoms with Gasteiger partial charge in [-0.05, 0) is 73.5 Å². The number of azo groups is 3. The van der Waals surface area contributed by atoms with Crippen LogP contribution in [0.25, 0.3) is 26.7 Å². The van der Waals surface area contributed by atoms with Gasteiger partial charge in [-0.3, -0.25) is 32.7 Å². The summed E-state index contributed by atoms with van der Waals surface area (Å²) in [6, 6.07) is 13.0. The second-order valence-electron chi connectivity index (χ2n) is 14.1. The van der Waals surface area contributed by atoms with E-state index in [1.54, 1.807) is 6.92 Å². The average Bonchev–Trinajstić information content (AvgIpc) is 3.84. The molecule has 0 amide bonds. The largest absolute Gasteiger partial charge is 0.505 e. The van der Waals surface area contributed by atoms with Crippen molar-refractivity contribution in [1.82, 2.24) is 14.8 Å². The lowest BCUT2D eigenvalue weighted by Crippen LogP contribution is -2.16. The van der Waals surface area contributed by atoms with Crippen LogP contribution in [0.1, 0.15) is 12.0 Å². The van der Waals surface area contributed by atoms with E-state index in [1.165, 1.54) is 30.3 Å². The normalized spacial score (nSPS) is 13.2. The van der Waals surface area contributed by atoms with Crippen LogP contribution in [0.5, 0.6) is 11.5 Å². The summed E-state index contributed by atoms with van der Waals surface area (Å²) in [7, 11) is -24.3. The molecule has 0 radical (unpaired) electrons. The summed E-state index contributed by atoms with van der Waals surface area (Å²) in [4.78, 5) is 14.1. The highest BCUT2D eigenvalue weighted by molar-refractivity contribution is 7.87. The van der Waals surface area contributed by atoms with E-state index in [2.05, 4.69) is 40.8 Å². The molecule has 0 saturated heterocycles. The molecule has 0 unspecified atom stereocenters. The quantitative estimate of drug-likeness (QED) is 0.0296. The van der Waals surface area contributed by atoms with Crippen molar-refractivity contribution in [2.75, 3.05) is 12.4 Å². The highest BCUT2D eigenvalue weighted by atomic mass is 32.2. The summed E-state index contributed by atoms with van der Waals surface area (Å²) in [5.74, 6) is -1.38. The smallest absolute Gasteiger partial charge is 0.298 e. The third-order valence-corrected chi connectivity index (χ3v) is 14.7. The monoisotopic (exact) mass is 1070 g/mol. The zero-order chi connectivity index (χ0) is 50.4. The fourth-order valence-corrected chi connectivity index (χ4v) is 10.5. The van der Waals surface area contributed by atoms with Crippen LogP contribution in [-0.2, 0) is 50.6 Å². The van der Waals surface area contributed by atoms with Crippen LogP contribution >= 0.6 is 11.3 Å². The van der Waals surface area contributed by atoms with Crippen molar-refractivity contribution >= 4 is 116 Å². The first-order chi connectivity index (χ1) is 32.1. The Hall–Kier alpha value is -6.79. The summed E-state index contributed by atoms with van der Waals surface area (Å²) < 4.78 is 173. The Kier molecular flexibility index (Phi) is 13.5. The van der Waals surface area contributed by atoms with Gasteiger partial charge in [0.2, 0.25) is 5.13 Å². The van der Waals surface area contributed by atoms with Gasteiger partial charge in [0.1, 0.15) is 32.6 Å². The molecule has 7 N–H and O–H groups in total. The number of aromatic amines is 1. The molecule has 0 aliphatic carbocycles. The molecule has 2 heterocycles. The predicted molar refractivity (Wildman–Crippen MR) is 241 cm³/mol. The van der Waals surface area contributed by atoms with Gasteiger partial charge < -0.3 is 9.84 Å². The van der Waals surface area contributed by atoms with Gasteiger partial charge >= 0.3 is 0 Å². The number of phenolic OH excluding ortho intramolecular Hbond substituents is 1. The lowest BCUT2D eigenvalue weighted by atomic mass is 10.1. The average molecular weight is 1070 g/mol. The SMILES string of the molecule is Cc1cc(N=Nc2ccc3c(S(=O)(=O)O)c(N=Nc4c[nH]n(-c5cc(S(=O)(=O)O)cc(S(=O)(=O)O)c5)c4=O)ccc3c2O)c(OCCCS(=O)(=O)O)cc1N=Nc1nc2cccc(S(=O)(=O)O)c2s1. The van der Waals surface area contributed by atoms with Crippen LogP contribution < -0.4 is 10.3 Å². The van der Waals surface area contributed by atoms with Crippen LogP contribution in [0.15, 0.2) is 134 Å². The van der Waals surface area contributed by atoms with Crippen LogP contribution in [0.2, 0.25) is 0 Å². The van der Waals surface area contributed by atoms with Crippen molar-refractivity contribution < 1.29 is 74.7 Å². The third kappa shape index (κ3) is 11.4. The molecule has 0 spiro atoms. The van der Waals surface area contributed by atoms with Crippen LogP contribution in [0.4, 0.5) is 33.6 Å². The Labute approximate surface area is 392 Å². The Morgan fingerprint density at radius 3 is 1.91 bits per heavy atom. The van der Waals surface area contributed by atoms with Crippen molar-refractivity contribution in [3.05, 3.63) is 94.9 Å². The maximum absolute atomic E-state index is 13.2. The summed E-state index contributed by atoms with van der Waals surface area (Å²) in [5, 5.41) is 37.1. The van der Waals surface area contributed by atoms with E-state index in [1.807, 2.05) is 0 Å². The lowest BCUT2D eigenvalue weighted by Gasteiger charge is -2.11. The first-order valence-electron chi connectivity index (χ1n) is 18.6. The Balaban J connectivity index is 1.21. The first kappa shape index (κ1) is 50.1. The molecule has 0 aliphatic rings. The molecule has 33 heteroatoms. The van der Waals surface area contributed by atoms with Crippen molar-refractivity contribution in [2.45, 2.75) is 32.9 Å². The zero-order valence-corrected chi connectivity index (χ0v) is 39.1. The van der Waals surface area contributed by atoms with Gasteiger partial charge in [-0.2, -0.15) is 42.1 Å². The van der Waals surface area contributed by atoms with E-state index in [0.717, 1.165) is 41.8 Å². The number of benzene rings is 5. The van der Waals surface area contributed by atoms with Gasteiger partial charge in [0, 0.05) is 16.8 Å². The number of nitrogens with zero attached hydrogens (tertiary/aromatic N) is 8. The highest BCUT2D eigenvalue weighted by Gasteiger charge is 2.24. The topological polar surface area (TPSA) is 426 Å². The molecule has 69 heavy (non-hydrogen) atoms. The molecular formula is C36H29N9O18S6. The molecule has 5 aromatic carbocycles. The molecule has 2 aromatic heterocycles. The van der Waals surface area contributed by atoms with Crippen molar-refractivity contribution in [1.29, 1.82) is 0 Å². The fraction of sp³-hybridized carbons (Fsp3) is 0.111. The Morgan fingerprint density at radius 2 is 1.28 bits per heavy atom. The number of hydrogen-bond acceptors (Lipinski definition) is 21. The molecule has 0 fully saturated rings. The van der Waals surface area contributed by atoms with Gasteiger partial charge in [0.15, 0.2) is 11.4 Å². The van der Waals surface area contributed by atoms with Crippen LogP contribution in [0.3, 0.4) is 0 Å². The van der Waals surface area contributed by atoms with E-state index in [0.29, 0.717) is 28.4 Å². The van der Waals surface area contributed by atoms with Crippen LogP contribution in [0, 0.1) is 6.92 Å². The van der Waals surface area contributed by atoms with Crippen molar-refractivity contribution in [2.24, 2.45) is 30.7 Å². The predicted octanol–water partition coefficient (Wildman–Crippen LogP) is 6.83. The van der Waals surface area contributed by atoms with E-state index in [-0.39, 0.29) is 66.9 Å². The molecule has 362 valence electrons. The molecule has 7 rings (SSSR count). The summed E-state index contributed by atoms with van der Waals surface area (Å²) in [6.45, 7) is 1.31. The summed E-state index contributed by atoms with van der Waals surface area (Å²) in [5.41, 5.74) is -2.30. The maximum atomic E-state index is 13.2. The van der Waals surface area contributed by atoms with Gasteiger partial charge in [-0.15, -0.1) is 30.7 Å². The summed E-state index contributed by atoms with van der Waals surface area (Å²) >= 11 is 0.826.